The number of benzene rings is 1. The Hall–Kier alpha value is -1.34. The van der Waals surface area contributed by atoms with Gasteiger partial charge in [-0.1, -0.05) is 0 Å². The van der Waals surface area contributed by atoms with Gasteiger partial charge < -0.3 is 14.8 Å². The van der Waals surface area contributed by atoms with E-state index in [0.29, 0.717) is 17.3 Å². The number of hydrogen-bond donors (Lipinski definition) is 1. The second kappa shape index (κ2) is 7.09. The summed E-state index contributed by atoms with van der Waals surface area (Å²) in [4.78, 5) is 8.89. The van der Waals surface area contributed by atoms with Crippen LogP contribution in [0.4, 0.5) is 5.82 Å². The smallest absolute Gasteiger partial charge is 0.162 e. The molecule has 0 amide bonds. The van der Waals surface area contributed by atoms with Crippen LogP contribution in [0.15, 0.2) is 27.3 Å². The number of halogens is 2. The van der Waals surface area contributed by atoms with Gasteiger partial charge in [0.2, 0.25) is 0 Å². The van der Waals surface area contributed by atoms with Crippen molar-refractivity contribution >= 4 is 37.7 Å². The van der Waals surface area contributed by atoms with E-state index < -0.39 is 0 Å². The first-order valence-electron chi connectivity index (χ1n) is 6.29. The predicted octanol–water partition coefficient (Wildman–Crippen LogP) is 4.12. The number of ether oxygens (including phenoxy) is 2. The first-order chi connectivity index (χ1) is 10.1. The molecule has 1 aromatic heterocycles. The first kappa shape index (κ1) is 16.0. The highest BCUT2D eigenvalue weighted by molar-refractivity contribution is 9.11. The average Bonchev–Trinajstić information content (AvgIpc) is 2.49. The topological polar surface area (TPSA) is 56.3 Å². The van der Waals surface area contributed by atoms with Crippen LogP contribution in [-0.2, 0) is 0 Å². The summed E-state index contributed by atoms with van der Waals surface area (Å²) < 4.78 is 12.3. The van der Waals surface area contributed by atoms with Crippen molar-refractivity contribution in [2.75, 3.05) is 26.1 Å². The van der Waals surface area contributed by atoms with Gasteiger partial charge in [0.1, 0.15) is 5.82 Å². The fourth-order valence-electron chi connectivity index (χ4n) is 1.81. The summed E-state index contributed by atoms with van der Waals surface area (Å²) in [5.41, 5.74) is 0.833. The molecule has 0 fully saturated rings. The second-order valence-electron chi connectivity index (χ2n) is 4.11. The van der Waals surface area contributed by atoms with Crippen molar-refractivity contribution in [1.82, 2.24) is 9.97 Å². The van der Waals surface area contributed by atoms with Gasteiger partial charge in [0.15, 0.2) is 17.3 Å². The summed E-state index contributed by atoms with van der Waals surface area (Å²) in [6.07, 6.45) is 1.73. The summed E-state index contributed by atoms with van der Waals surface area (Å²) in [6, 6.07) is 3.69. The lowest BCUT2D eigenvalue weighted by Crippen LogP contribution is -2.03. The lowest BCUT2D eigenvalue weighted by Gasteiger charge is -2.12. The molecule has 0 saturated carbocycles. The number of hydrogen-bond acceptors (Lipinski definition) is 5. The summed E-state index contributed by atoms with van der Waals surface area (Å²) in [5.74, 6) is 2.63. The zero-order chi connectivity index (χ0) is 15.4. The fraction of sp³-hybridized carbons (Fsp3) is 0.286. The van der Waals surface area contributed by atoms with Gasteiger partial charge >= 0.3 is 0 Å². The minimum atomic E-state index is 0.599. The molecule has 2 rings (SSSR count). The maximum atomic E-state index is 5.33. The second-order valence-corrected chi connectivity index (χ2v) is 5.82. The van der Waals surface area contributed by atoms with Crippen LogP contribution in [0.5, 0.6) is 11.5 Å². The quantitative estimate of drug-likeness (QED) is 0.794. The van der Waals surface area contributed by atoms with E-state index in [4.69, 9.17) is 9.47 Å². The molecule has 2 aromatic rings. The predicted molar refractivity (Wildman–Crippen MR) is 90.1 cm³/mol. The first-order valence-corrected chi connectivity index (χ1v) is 7.87. The molecule has 0 spiro atoms. The van der Waals surface area contributed by atoms with Crippen molar-refractivity contribution in [3.8, 4) is 22.9 Å². The SMILES string of the molecule is CCNc1nc(-c2cc(OC)c(OC)cc2Br)ncc1Br. The highest BCUT2D eigenvalue weighted by Gasteiger charge is 2.14. The standard InChI is InChI=1S/C14H15Br2N3O2/c1-4-17-14-10(16)7-18-13(19-14)8-5-11(20-2)12(21-3)6-9(8)15/h5-7H,4H2,1-3H3,(H,17,18,19). The zero-order valence-electron chi connectivity index (χ0n) is 11.9. The third-order valence-corrected chi connectivity index (χ3v) is 4.04. The molecule has 21 heavy (non-hydrogen) atoms. The third-order valence-electron chi connectivity index (χ3n) is 2.80. The van der Waals surface area contributed by atoms with Crippen LogP contribution in [0.25, 0.3) is 11.4 Å². The number of anilines is 1. The molecule has 0 atom stereocenters. The monoisotopic (exact) mass is 415 g/mol. The van der Waals surface area contributed by atoms with Crippen molar-refractivity contribution in [1.29, 1.82) is 0 Å². The van der Waals surface area contributed by atoms with Gasteiger partial charge in [-0.2, -0.15) is 0 Å². The van der Waals surface area contributed by atoms with Crippen LogP contribution >= 0.6 is 31.9 Å². The highest BCUT2D eigenvalue weighted by Crippen LogP contribution is 2.37. The summed E-state index contributed by atoms with van der Waals surface area (Å²) >= 11 is 6.95. The Kier molecular flexibility index (Phi) is 5.41. The molecule has 112 valence electrons. The van der Waals surface area contributed by atoms with E-state index in [1.54, 1.807) is 20.4 Å². The number of aromatic nitrogens is 2. The van der Waals surface area contributed by atoms with E-state index in [-0.39, 0.29) is 0 Å². The van der Waals surface area contributed by atoms with Crippen molar-refractivity contribution in [2.45, 2.75) is 6.92 Å². The minimum Gasteiger partial charge on any atom is -0.493 e. The van der Waals surface area contributed by atoms with Gasteiger partial charge in [-0.05, 0) is 50.9 Å². The van der Waals surface area contributed by atoms with Crippen molar-refractivity contribution < 1.29 is 9.47 Å². The van der Waals surface area contributed by atoms with E-state index in [9.17, 15) is 0 Å². The minimum absolute atomic E-state index is 0.599. The van der Waals surface area contributed by atoms with Crippen LogP contribution in [-0.4, -0.2) is 30.7 Å². The average molecular weight is 417 g/mol. The summed E-state index contributed by atoms with van der Waals surface area (Å²) in [7, 11) is 3.20. The molecule has 0 aliphatic carbocycles. The Bertz CT molecular complexity index is 650. The van der Waals surface area contributed by atoms with Crippen LogP contribution in [0, 0.1) is 0 Å². The van der Waals surface area contributed by atoms with Crippen molar-refractivity contribution in [2.24, 2.45) is 0 Å². The Morgan fingerprint density at radius 3 is 2.38 bits per heavy atom. The molecular formula is C14H15Br2N3O2. The summed E-state index contributed by atoms with van der Waals surface area (Å²) in [5, 5.41) is 3.19. The molecular weight excluding hydrogens is 402 g/mol. The maximum Gasteiger partial charge on any atom is 0.162 e. The van der Waals surface area contributed by atoms with Crippen LogP contribution in [0.3, 0.4) is 0 Å². The summed E-state index contributed by atoms with van der Waals surface area (Å²) in [6.45, 7) is 2.79. The Labute approximate surface area is 140 Å². The van der Waals surface area contributed by atoms with Crippen LogP contribution in [0.1, 0.15) is 6.92 Å². The lowest BCUT2D eigenvalue weighted by atomic mass is 10.2. The van der Waals surface area contributed by atoms with E-state index in [0.717, 1.165) is 26.9 Å². The number of rotatable bonds is 5. The van der Waals surface area contributed by atoms with Crippen LogP contribution in [0.2, 0.25) is 0 Å². The van der Waals surface area contributed by atoms with Gasteiger partial charge in [-0.3, -0.25) is 0 Å². The van der Waals surface area contributed by atoms with E-state index in [1.165, 1.54) is 0 Å². The number of nitrogens with one attached hydrogen (secondary N) is 1. The third kappa shape index (κ3) is 3.47. The molecule has 7 heteroatoms. The van der Waals surface area contributed by atoms with Crippen molar-refractivity contribution in [3.63, 3.8) is 0 Å². The molecule has 0 unspecified atom stereocenters. The Morgan fingerprint density at radius 1 is 1.10 bits per heavy atom. The molecule has 0 aliphatic heterocycles. The lowest BCUT2D eigenvalue weighted by molar-refractivity contribution is 0.355. The molecule has 0 aliphatic rings. The molecule has 1 heterocycles. The fourth-order valence-corrected chi connectivity index (χ4v) is 2.64. The Balaban J connectivity index is 2.53. The molecule has 0 bridgehead atoms. The highest BCUT2D eigenvalue weighted by atomic mass is 79.9. The van der Waals surface area contributed by atoms with E-state index >= 15 is 0 Å². The molecule has 1 N–H and O–H groups in total. The Morgan fingerprint density at radius 2 is 1.76 bits per heavy atom. The molecule has 5 nitrogen and oxygen atoms in total. The van der Waals surface area contributed by atoms with Gasteiger partial charge in [0.05, 0.1) is 18.7 Å². The normalized spacial score (nSPS) is 10.3. The molecule has 0 radical (unpaired) electrons. The maximum absolute atomic E-state index is 5.33. The number of methoxy groups -OCH3 is 2. The largest absolute Gasteiger partial charge is 0.493 e. The van der Waals surface area contributed by atoms with Gasteiger partial charge in [0, 0.05) is 22.8 Å². The molecule has 1 aromatic carbocycles. The van der Waals surface area contributed by atoms with Crippen LogP contribution < -0.4 is 14.8 Å². The van der Waals surface area contributed by atoms with Gasteiger partial charge in [0.25, 0.3) is 0 Å². The van der Waals surface area contributed by atoms with Gasteiger partial charge in [-0.25, -0.2) is 9.97 Å². The van der Waals surface area contributed by atoms with E-state index in [1.807, 2.05) is 19.1 Å². The van der Waals surface area contributed by atoms with Gasteiger partial charge in [-0.15, -0.1) is 0 Å². The van der Waals surface area contributed by atoms with Crippen molar-refractivity contribution in [3.05, 3.63) is 27.3 Å². The zero-order valence-corrected chi connectivity index (χ0v) is 15.1. The number of nitrogens with zero attached hydrogens (tertiary/aromatic N) is 2. The van der Waals surface area contributed by atoms with E-state index in [2.05, 4.69) is 47.1 Å². The molecule has 0 saturated heterocycles.